The van der Waals surface area contributed by atoms with E-state index < -0.39 is 36.8 Å². The number of nitrogens with zero attached hydrogens (tertiary/aromatic N) is 12. The Kier molecular flexibility index (Phi) is 43.9. The van der Waals surface area contributed by atoms with Crippen molar-refractivity contribution in [1.29, 1.82) is 0 Å². The molecule has 0 radical (unpaired) electrons. The highest BCUT2D eigenvalue weighted by Crippen LogP contribution is 2.35. The molecule has 0 atom stereocenters. The summed E-state index contributed by atoms with van der Waals surface area (Å²) < 4.78 is 56.1. The molecular weight excluding hydrogens is 1600 g/mol. The maximum atomic E-state index is 12.7. The van der Waals surface area contributed by atoms with Gasteiger partial charge in [0.15, 0.2) is 11.9 Å². The number of hydrogen-bond acceptors (Lipinski definition) is 28. The van der Waals surface area contributed by atoms with Gasteiger partial charge in [-0.05, 0) is 60.7 Å². The summed E-state index contributed by atoms with van der Waals surface area (Å²) in [5.74, 6) is -3.28. The number of carbonyl (C=O) groups excluding carboxylic acids is 4. The predicted molar refractivity (Wildman–Crippen MR) is 453 cm³/mol. The van der Waals surface area contributed by atoms with Crippen LogP contribution in [0.4, 0.5) is 32.9 Å². The quantitative estimate of drug-likeness (QED) is 0.0142. The van der Waals surface area contributed by atoms with Gasteiger partial charge in [-0.15, -0.1) is 0 Å². The minimum Gasteiger partial charge on any atom is -0.480 e. The number of urea groups is 2. The van der Waals surface area contributed by atoms with Crippen molar-refractivity contribution in [2.24, 2.45) is 32.9 Å². The van der Waals surface area contributed by atoms with Gasteiger partial charge in [-0.25, -0.2) is 29.5 Å². The first-order valence-electron chi connectivity index (χ1n) is 39.8. The number of carboxylic acids is 2. The molecule has 0 unspecified atom stereocenters. The van der Waals surface area contributed by atoms with Crippen LogP contribution in [0.5, 0.6) is 0 Å². The van der Waals surface area contributed by atoms with Gasteiger partial charge in [-0.3, -0.25) is 38.8 Å². The normalized spacial score (nSPS) is 13.2. The van der Waals surface area contributed by atoms with Crippen LogP contribution in [0.15, 0.2) is 94.9 Å². The molecule has 0 spiro atoms. The molecule has 0 saturated carbocycles. The maximum Gasteiger partial charge on any atom is 0.317 e. The highest BCUT2D eigenvalue weighted by atomic mass is 35.5. The minimum atomic E-state index is -1.20. The van der Waals surface area contributed by atoms with Crippen molar-refractivity contribution >= 4 is 116 Å². The third-order valence-corrected chi connectivity index (χ3v) is 18.7. The number of carboxylic acid groups (broad SMARTS) is 2. The average Bonchev–Trinajstić information content (AvgIpc) is 0.785. The van der Waals surface area contributed by atoms with Gasteiger partial charge in [0, 0.05) is 161 Å². The molecule has 6 amide bonds. The molecule has 4 heterocycles. The summed E-state index contributed by atoms with van der Waals surface area (Å²) in [4.78, 5) is 112. The molecule has 16 N–H and O–H groups in total. The number of nitrogens with one attached hydrogen (secondary N) is 6. The molecule has 8 rings (SSSR count). The van der Waals surface area contributed by atoms with E-state index in [1.165, 1.54) is 9.80 Å². The van der Waals surface area contributed by atoms with Gasteiger partial charge in [0.1, 0.15) is 0 Å². The Balaban J connectivity index is 0.528. The molecule has 2 fully saturated rings. The lowest BCUT2D eigenvalue weighted by molar-refractivity contribution is -0.141. The van der Waals surface area contributed by atoms with E-state index >= 15 is 0 Å². The van der Waals surface area contributed by atoms with Gasteiger partial charge in [0.25, 0.3) is 11.9 Å². The molecular formula is C78H114Cl2N22O18. The van der Waals surface area contributed by atoms with Crippen molar-refractivity contribution in [3.05, 3.63) is 95.0 Å². The largest absolute Gasteiger partial charge is 0.480 e. The topological polar surface area (TPSA) is 507 Å². The standard InChI is InChI=1S/C78H114Cl2N22O18/c79-59-7-9-65-63(51-59)71(93-75(91-65)95-73(81)82)57-3-1-5-61(49-57)101-23-19-97(20-24-101)27-35-117-43-47-119-45-41-115-33-15-89-77(109)87-13-31-113-39-37-111-29-11-85-67(103)53-99(55-69(105)106)17-18-100(56-70(107)108)54-68(104)86-12-30-112-38-40-114-32-14-88-78(110)90-16-34-116-42-46-120-48-44-118-36-28-98-21-25-102(26-22-98)62-6-2-4-58(50-62)72-64-52-60(80)8-10-66(64)92-76(94-72)96-74(83)84/h1-10,49-52H,11-48,53-56H2,(H,85,103)(H,86,104)(H,105,106)(H,107,108)(H2,87,89,109)(H2,88,90,110)(H4,81,82,91,93,95)(H4,83,84,92,94,96). The van der Waals surface area contributed by atoms with Crippen molar-refractivity contribution in [3.8, 4) is 22.5 Å². The maximum absolute atomic E-state index is 12.7. The molecule has 0 aliphatic carbocycles. The van der Waals surface area contributed by atoms with Crippen LogP contribution < -0.4 is 64.6 Å². The van der Waals surface area contributed by atoms with Crippen LogP contribution in [0.2, 0.25) is 10.0 Å². The second-order valence-electron chi connectivity index (χ2n) is 27.3. The number of carbonyl (C=O) groups is 6. The Hall–Kier alpha value is -9.86. The molecule has 0 bridgehead atoms. The van der Waals surface area contributed by atoms with E-state index in [4.69, 9.17) is 93.5 Å². The van der Waals surface area contributed by atoms with E-state index in [0.29, 0.717) is 125 Å². The number of benzene rings is 4. The SMILES string of the molecule is NC(N)=Nc1nc(-c2cccc(N3CCN(CCOCCOCCOCCNC(=O)NCCOCCOCCNC(=O)CN(CCN(CC(=O)O)CC(=O)NCCOCCOCCNC(=O)NCCOCCOCCOCCN4CCN(c5cccc(-c6nc(N=C(N)N)nc7ccc(Cl)cc67)c5)CC4)CC(=O)O)CC3)c2)c2cc(Cl)ccc2n1. The Labute approximate surface area is 706 Å². The van der Waals surface area contributed by atoms with E-state index in [2.05, 4.69) is 106 Å². The van der Waals surface area contributed by atoms with Crippen molar-refractivity contribution in [1.82, 2.24) is 71.4 Å². The van der Waals surface area contributed by atoms with Crippen molar-refractivity contribution < 1.29 is 86.3 Å². The number of ether oxygens (including phenoxy) is 10. The fourth-order valence-electron chi connectivity index (χ4n) is 12.4. The molecule has 2 aliphatic rings. The first-order valence-corrected chi connectivity index (χ1v) is 40.6. The summed E-state index contributed by atoms with van der Waals surface area (Å²) in [5.41, 5.74) is 29.2. The van der Waals surface area contributed by atoms with E-state index in [1.54, 1.807) is 12.1 Å². The lowest BCUT2D eigenvalue weighted by Gasteiger charge is -2.36. The zero-order chi connectivity index (χ0) is 85.3. The van der Waals surface area contributed by atoms with Gasteiger partial charge in [0.05, 0.1) is 181 Å². The summed E-state index contributed by atoms with van der Waals surface area (Å²) in [7, 11) is 0. The Morgan fingerprint density at radius 2 is 0.692 bits per heavy atom. The van der Waals surface area contributed by atoms with Crippen molar-refractivity contribution in [2.45, 2.75) is 0 Å². The second-order valence-corrected chi connectivity index (χ2v) is 28.2. The van der Waals surface area contributed by atoms with Crippen LogP contribution in [-0.2, 0) is 66.5 Å². The Bertz CT molecular complexity index is 3920. The lowest BCUT2D eigenvalue weighted by Crippen LogP contribution is -2.47. The van der Waals surface area contributed by atoms with E-state index in [0.717, 1.165) is 98.7 Å². The summed E-state index contributed by atoms with van der Waals surface area (Å²) >= 11 is 12.7. The van der Waals surface area contributed by atoms with Crippen LogP contribution >= 0.6 is 23.2 Å². The van der Waals surface area contributed by atoms with Crippen molar-refractivity contribution in [3.63, 3.8) is 0 Å². The van der Waals surface area contributed by atoms with Gasteiger partial charge in [0.2, 0.25) is 11.8 Å². The lowest BCUT2D eigenvalue weighted by atomic mass is 10.1. The third kappa shape index (κ3) is 37.8. The van der Waals surface area contributed by atoms with Gasteiger partial charge in [-0.1, -0.05) is 47.5 Å². The molecule has 40 nitrogen and oxygen atoms in total. The average molecular weight is 1720 g/mol. The van der Waals surface area contributed by atoms with Gasteiger partial charge >= 0.3 is 24.0 Å². The zero-order valence-electron chi connectivity index (χ0n) is 67.6. The number of aromatic nitrogens is 4. The van der Waals surface area contributed by atoms with Crippen LogP contribution in [0.3, 0.4) is 0 Å². The van der Waals surface area contributed by atoms with Gasteiger partial charge < -0.3 is 122 Å². The number of nitrogens with two attached hydrogens (primary N) is 4. The molecule has 658 valence electrons. The van der Waals surface area contributed by atoms with Crippen LogP contribution in [0, 0.1) is 0 Å². The fraction of sp³-hybridized carbons (Fsp3) is 0.538. The number of rotatable bonds is 59. The predicted octanol–water partition coefficient (Wildman–Crippen LogP) is 0.738. The van der Waals surface area contributed by atoms with E-state index in [1.807, 2.05) is 48.5 Å². The Morgan fingerprint density at radius 1 is 0.383 bits per heavy atom. The number of guanidine groups is 2. The number of fused-ring (bicyclic) bond motifs is 2. The first-order chi connectivity index (χ1) is 58.3. The molecule has 4 aromatic carbocycles. The van der Waals surface area contributed by atoms with E-state index in [9.17, 15) is 39.0 Å². The third-order valence-electron chi connectivity index (χ3n) is 18.2. The number of anilines is 2. The highest BCUT2D eigenvalue weighted by Gasteiger charge is 2.24. The van der Waals surface area contributed by atoms with Crippen LogP contribution in [0.1, 0.15) is 0 Å². The van der Waals surface area contributed by atoms with Crippen LogP contribution in [0.25, 0.3) is 44.3 Å². The molecule has 2 aliphatic heterocycles. The van der Waals surface area contributed by atoms with Gasteiger partial charge in [-0.2, -0.15) is 9.98 Å². The molecule has 42 heteroatoms. The van der Waals surface area contributed by atoms with Crippen LogP contribution in [-0.4, -0.2) is 374 Å². The molecule has 6 aromatic rings. The summed E-state index contributed by atoms with van der Waals surface area (Å²) in [6, 6.07) is 26.5. The van der Waals surface area contributed by atoms with E-state index in [-0.39, 0.29) is 141 Å². The number of aliphatic imine (C=N–C) groups is 2. The molecule has 120 heavy (non-hydrogen) atoms. The number of hydrogen-bond donors (Lipinski definition) is 12. The first kappa shape index (κ1) is 95.6. The number of amides is 6. The van der Waals surface area contributed by atoms with Crippen molar-refractivity contribution in [2.75, 3.05) is 286 Å². The highest BCUT2D eigenvalue weighted by molar-refractivity contribution is 6.32. The number of piperazine rings is 2. The summed E-state index contributed by atoms with van der Waals surface area (Å²) in [6.07, 6.45) is 0. The molecule has 2 aromatic heterocycles. The fourth-order valence-corrected chi connectivity index (χ4v) is 12.8. The zero-order valence-corrected chi connectivity index (χ0v) is 69.2. The molecule has 2 saturated heterocycles. The monoisotopic (exact) mass is 1720 g/mol. The summed E-state index contributed by atoms with van der Waals surface area (Å²) in [6.45, 7) is 14.9. The summed E-state index contributed by atoms with van der Waals surface area (Å²) in [5, 5.41) is 37.9. The number of aliphatic carboxylic acids is 2. The Morgan fingerprint density at radius 3 is 1.01 bits per heavy atom. The second kappa shape index (κ2) is 55.1. The number of halogens is 2. The minimum absolute atomic E-state index is 0.0283. The smallest absolute Gasteiger partial charge is 0.317 e.